The van der Waals surface area contributed by atoms with Crippen molar-refractivity contribution in [2.75, 3.05) is 13.2 Å². The van der Waals surface area contributed by atoms with Gasteiger partial charge in [0.25, 0.3) is 0 Å². The number of halogens is 3. The lowest BCUT2D eigenvalue weighted by Crippen LogP contribution is -2.26. The summed E-state index contributed by atoms with van der Waals surface area (Å²) in [6, 6.07) is 1.89. The van der Waals surface area contributed by atoms with Crippen LogP contribution in [0.15, 0.2) is 12.1 Å². The van der Waals surface area contributed by atoms with Crippen LogP contribution in [0.5, 0.6) is 0 Å². The Kier molecular flexibility index (Phi) is 7.90. The van der Waals surface area contributed by atoms with Crippen molar-refractivity contribution in [3.05, 3.63) is 35.1 Å². The molecule has 0 saturated heterocycles. The summed E-state index contributed by atoms with van der Waals surface area (Å²) in [4.78, 5) is 0. The maximum absolute atomic E-state index is 12.2. The van der Waals surface area contributed by atoms with Crippen LogP contribution in [0.4, 0.5) is 13.2 Å². The zero-order valence-electron chi connectivity index (χ0n) is 13.2. The zero-order chi connectivity index (χ0) is 16.7. The average Bonchev–Trinajstić information content (AvgIpc) is 2.48. The fourth-order valence-corrected chi connectivity index (χ4v) is 2.80. The Bertz CT molecular complexity index is 430. The van der Waals surface area contributed by atoms with Gasteiger partial charge in [-0.3, -0.25) is 0 Å². The van der Waals surface area contributed by atoms with Gasteiger partial charge in [0, 0.05) is 19.1 Å². The Morgan fingerprint density at radius 3 is 1.86 bits per heavy atom. The van der Waals surface area contributed by atoms with Gasteiger partial charge in [0.2, 0.25) is 0 Å². The Hall–Kier alpha value is -1.07. The van der Waals surface area contributed by atoms with Gasteiger partial charge in [-0.05, 0) is 49.3 Å². The summed E-state index contributed by atoms with van der Waals surface area (Å²) in [6.07, 6.45) is 4.90. The number of aryl methyl sites for hydroxylation is 1. The molecule has 22 heavy (non-hydrogen) atoms. The standard InChI is InChI=1S/C10H20O2.C7H5F3/c1-8-2-4-9(5-3-8)10(6-11)7-12;1-4-2-5(8)7(10)6(9)3-4/h8-12H,2-7H2,1H3;2-3H,1H3. The SMILES string of the molecule is CC1CCC(C(CO)CO)CC1.Cc1cc(F)c(F)c(F)c1. The predicted molar refractivity (Wildman–Crippen MR) is 79.8 cm³/mol. The smallest absolute Gasteiger partial charge is 0.194 e. The third-order valence-corrected chi connectivity index (χ3v) is 4.32. The Balaban J connectivity index is 0.000000224. The van der Waals surface area contributed by atoms with Crippen LogP contribution in [-0.2, 0) is 0 Å². The number of rotatable bonds is 3. The van der Waals surface area contributed by atoms with E-state index in [0.29, 0.717) is 11.5 Å². The summed E-state index contributed by atoms with van der Waals surface area (Å²) in [7, 11) is 0. The van der Waals surface area contributed by atoms with E-state index in [-0.39, 0.29) is 19.1 Å². The molecule has 1 aliphatic carbocycles. The van der Waals surface area contributed by atoms with Crippen LogP contribution >= 0.6 is 0 Å². The van der Waals surface area contributed by atoms with E-state index in [9.17, 15) is 13.2 Å². The van der Waals surface area contributed by atoms with Crippen LogP contribution in [0, 0.1) is 42.1 Å². The Morgan fingerprint density at radius 2 is 1.45 bits per heavy atom. The number of aliphatic hydroxyl groups excluding tert-OH is 2. The topological polar surface area (TPSA) is 40.5 Å². The average molecular weight is 318 g/mol. The molecule has 1 fully saturated rings. The quantitative estimate of drug-likeness (QED) is 0.832. The maximum Gasteiger partial charge on any atom is 0.194 e. The van der Waals surface area contributed by atoms with E-state index in [1.165, 1.54) is 32.6 Å². The molecule has 1 aliphatic rings. The van der Waals surface area contributed by atoms with Crippen LogP contribution in [0.1, 0.15) is 38.2 Å². The molecule has 2 rings (SSSR count). The Labute approximate surface area is 130 Å². The minimum Gasteiger partial charge on any atom is -0.396 e. The summed E-state index contributed by atoms with van der Waals surface area (Å²) in [5, 5.41) is 18.0. The van der Waals surface area contributed by atoms with Gasteiger partial charge < -0.3 is 10.2 Å². The monoisotopic (exact) mass is 318 g/mol. The minimum absolute atomic E-state index is 0.137. The van der Waals surface area contributed by atoms with Crippen molar-refractivity contribution in [2.24, 2.45) is 17.8 Å². The molecule has 2 nitrogen and oxygen atoms in total. The van der Waals surface area contributed by atoms with E-state index >= 15 is 0 Å². The van der Waals surface area contributed by atoms with Crippen molar-refractivity contribution < 1.29 is 23.4 Å². The van der Waals surface area contributed by atoms with E-state index in [0.717, 1.165) is 18.1 Å². The lowest BCUT2D eigenvalue weighted by molar-refractivity contribution is 0.0811. The highest BCUT2D eigenvalue weighted by Crippen LogP contribution is 2.32. The van der Waals surface area contributed by atoms with Gasteiger partial charge in [0.1, 0.15) is 0 Å². The summed E-state index contributed by atoms with van der Waals surface area (Å²) in [5.74, 6) is -2.14. The van der Waals surface area contributed by atoms with Crippen LogP contribution in [0.2, 0.25) is 0 Å². The van der Waals surface area contributed by atoms with Crippen molar-refractivity contribution in [3.63, 3.8) is 0 Å². The first-order chi connectivity index (χ1) is 10.4. The van der Waals surface area contributed by atoms with Gasteiger partial charge in [0.15, 0.2) is 17.5 Å². The molecule has 5 heteroatoms. The molecule has 2 N–H and O–H groups in total. The van der Waals surface area contributed by atoms with E-state index < -0.39 is 17.5 Å². The van der Waals surface area contributed by atoms with Gasteiger partial charge >= 0.3 is 0 Å². The largest absolute Gasteiger partial charge is 0.396 e. The third-order valence-electron chi connectivity index (χ3n) is 4.32. The van der Waals surface area contributed by atoms with E-state index in [2.05, 4.69) is 6.92 Å². The number of aliphatic hydroxyl groups is 2. The summed E-state index contributed by atoms with van der Waals surface area (Å²) in [5.41, 5.74) is 0.372. The highest BCUT2D eigenvalue weighted by molar-refractivity contribution is 5.17. The molecule has 0 aromatic heterocycles. The number of benzene rings is 1. The molecular formula is C17H25F3O2. The van der Waals surface area contributed by atoms with Crippen LogP contribution in [-0.4, -0.2) is 23.4 Å². The van der Waals surface area contributed by atoms with Crippen molar-refractivity contribution in [2.45, 2.75) is 39.5 Å². The highest BCUT2D eigenvalue weighted by Gasteiger charge is 2.24. The normalized spacial score (nSPS) is 21.5. The number of hydrogen-bond donors (Lipinski definition) is 2. The molecule has 0 amide bonds. The van der Waals surface area contributed by atoms with E-state index in [1.54, 1.807) is 0 Å². The van der Waals surface area contributed by atoms with Crippen molar-refractivity contribution >= 4 is 0 Å². The first kappa shape index (κ1) is 19.0. The van der Waals surface area contributed by atoms with Gasteiger partial charge in [-0.2, -0.15) is 0 Å². The molecule has 0 atom stereocenters. The van der Waals surface area contributed by atoms with Crippen LogP contribution in [0.3, 0.4) is 0 Å². The second-order valence-electron chi connectivity index (χ2n) is 6.19. The fourth-order valence-electron chi connectivity index (χ4n) is 2.80. The fraction of sp³-hybridized carbons (Fsp3) is 0.647. The lowest BCUT2D eigenvalue weighted by Gasteiger charge is -2.30. The molecule has 0 unspecified atom stereocenters. The molecule has 126 valence electrons. The Morgan fingerprint density at radius 1 is 1.00 bits per heavy atom. The molecule has 0 bridgehead atoms. The summed E-state index contributed by atoms with van der Waals surface area (Å²) in [6.45, 7) is 4.07. The molecule has 1 saturated carbocycles. The predicted octanol–water partition coefficient (Wildman–Crippen LogP) is 3.83. The zero-order valence-corrected chi connectivity index (χ0v) is 13.2. The lowest BCUT2D eigenvalue weighted by atomic mass is 9.77. The van der Waals surface area contributed by atoms with Gasteiger partial charge in [-0.1, -0.05) is 19.8 Å². The molecule has 1 aromatic rings. The molecule has 0 aliphatic heterocycles. The minimum atomic E-state index is -1.41. The van der Waals surface area contributed by atoms with Gasteiger partial charge in [-0.15, -0.1) is 0 Å². The second kappa shape index (κ2) is 9.16. The molecule has 1 aromatic carbocycles. The van der Waals surface area contributed by atoms with E-state index in [1.807, 2.05) is 0 Å². The summed E-state index contributed by atoms with van der Waals surface area (Å²) < 4.78 is 36.6. The first-order valence-electron chi connectivity index (χ1n) is 7.71. The molecule has 0 spiro atoms. The highest BCUT2D eigenvalue weighted by atomic mass is 19.2. The summed E-state index contributed by atoms with van der Waals surface area (Å²) >= 11 is 0. The van der Waals surface area contributed by atoms with Gasteiger partial charge in [0.05, 0.1) is 0 Å². The van der Waals surface area contributed by atoms with Crippen LogP contribution in [0.25, 0.3) is 0 Å². The first-order valence-corrected chi connectivity index (χ1v) is 7.71. The number of hydrogen-bond acceptors (Lipinski definition) is 2. The van der Waals surface area contributed by atoms with Crippen molar-refractivity contribution in [1.29, 1.82) is 0 Å². The second-order valence-corrected chi connectivity index (χ2v) is 6.19. The van der Waals surface area contributed by atoms with Crippen molar-refractivity contribution in [3.8, 4) is 0 Å². The van der Waals surface area contributed by atoms with Crippen LogP contribution < -0.4 is 0 Å². The molecule has 0 radical (unpaired) electrons. The van der Waals surface area contributed by atoms with Gasteiger partial charge in [-0.25, -0.2) is 13.2 Å². The third kappa shape index (κ3) is 5.61. The van der Waals surface area contributed by atoms with Crippen molar-refractivity contribution in [1.82, 2.24) is 0 Å². The molecular weight excluding hydrogens is 293 g/mol. The van der Waals surface area contributed by atoms with E-state index in [4.69, 9.17) is 10.2 Å². The maximum atomic E-state index is 12.2. The molecule has 0 heterocycles.